The lowest BCUT2D eigenvalue weighted by atomic mass is 9.98. The molecule has 0 amide bonds. The zero-order valence-corrected chi connectivity index (χ0v) is 12.9. The smallest absolute Gasteiger partial charge is 0.149 e. The van der Waals surface area contributed by atoms with Crippen LogP contribution in [0.2, 0.25) is 0 Å². The summed E-state index contributed by atoms with van der Waals surface area (Å²) in [5.41, 5.74) is -0.509. The summed E-state index contributed by atoms with van der Waals surface area (Å²) in [6.07, 6.45) is 4.53. The molecule has 1 atom stereocenters. The number of rotatable bonds is 6. The molecule has 4 nitrogen and oxygen atoms in total. The Morgan fingerprint density at radius 3 is 2.95 bits per heavy atom. The maximum absolute atomic E-state index is 9.38. The first-order chi connectivity index (χ1) is 9.54. The standard InChI is InChI=1S/C15H20N4S/c1-12(2)18-15(3,11-16)6-8-19-9-7-17-14(19)13-5-4-10-20-13/h4-5,7,9-10,12,18H,6,8H2,1-3H3. The predicted molar refractivity (Wildman–Crippen MR) is 82.4 cm³/mol. The van der Waals surface area contributed by atoms with Gasteiger partial charge in [0.1, 0.15) is 11.4 Å². The summed E-state index contributed by atoms with van der Waals surface area (Å²) in [5.74, 6) is 0.977. The average Bonchev–Trinajstić information content (AvgIpc) is 3.06. The second-order valence-corrected chi connectivity index (χ2v) is 6.36. The van der Waals surface area contributed by atoms with Crippen molar-refractivity contribution in [3.8, 4) is 16.8 Å². The van der Waals surface area contributed by atoms with E-state index >= 15 is 0 Å². The maximum atomic E-state index is 9.38. The summed E-state index contributed by atoms with van der Waals surface area (Å²) in [4.78, 5) is 5.57. The average molecular weight is 288 g/mol. The van der Waals surface area contributed by atoms with E-state index in [1.54, 1.807) is 11.3 Å². The van der Waals surface area contributed by atoms with Crippen LogP contribution < -0.4 is 5.32 Å². The third-order valence-electron chi connectivity index (χ3n) is 3.16. The fourth-order valence-corrected chi connectivity index (χ4v) is 3.00. The fourth-order valence-electron chi connectivity index (χ4n) is 2.26. The van der Waals surface area contributed by atoms with Crippen LogP contribution in [-0.4, -0.2) is 21.1 Å². The highest BCUT2D eigenvalue weighted by Crippen LogP contribution is 2.23. The molecule has 0 aliphatic rings. The molecule has 0 aromatic carbocycles. The highest BCUT2D eigenvalue weighted by molar-refractivity contribution is 7.13. The lowest BCUT2D eigenvalue weighted by molar-refractivity contribution is 0.363. The molecule has 0 spiro atoms. The Kier molecular flexibility index (Phi) is 4.58. The molecule has 1 unspecified atom stereocenters. The van der Waals surface area contributed by atoms with E-state index in [0.29, 0.717) is 6.04 Å². The van der Waals surface area contributed by atoms with E-state index in [-0.39, 0.29) is 0 Å². The van der Waals surface area contributed by atoms with Crippen molar-refractivity contribution >= 4 is 11.3 Å². The Hall–Kier alpha value is -1.64. The largest absolute Gasteiger partial charge is 0.330 e. The van der Waals surface area contributed by atoms with E-state index < -0.39 is 5.54 Å². The normalized spacial score (nSPS) is 14.2. The molecule has 2 heterocycles. The number of nitriles is 1. The maximum Gasteiger partial charge on any atom is 0.149 e. The Bertz CT molecular complexity index is 579. The number of imidazole rings is 1. The summed E-state index contributed by atoms with van der Waals surface area (Å²) in [6, 6.07) is 6.77. The van der Waals surface area contributed by atoms with Crippen molar-refractivity contribution in [1.29, 1.82) is 5.26 Å². The molecule has 0 aliphatic heterocycles. The van der Waals surface area contributed by atoms with E-state index in [2.05, 4.69) is 40.9 Å². The molecular formula is C15H20N4S. The highest BCUT2D eigenvalue weighted by atomic mass is 32.1. The van der Waals surface area contributed by atoms with Crippen molar-refractivity contribution in [2.45, 2.75) is 45.3 Å². The summed E-state index contributed by atoms with van der Waals surface area (Å²) < 4.78 is 2.11. The second-order valence-electron chi connectivity index (χ2n) is 5.41. The summed E-state index contributed by atoms with van der Waals surface area (Å²) in [6.45, 7) is 6.85. The molecule has 0 radical (unpaired) electrons. The molecule has 0 aliphatic carbocycles. The van der Waals surface area contributed by atoms with Gasteiger partial charge in [0.05, 0.1) is 10.9 Å². The van der Waals surface area contributed by atoms with Gasteiger partial charge < -0.3 is 4.57 Å². The van der Waals surface area contributed by atoms with Gasteiger partial charge in [-0.25, -0.2) is 4.98 Å². The van der Waals surface area contributed by atoms with E-state index in [1.165, 1.54) is 0 Å². The minimum absolute atomic E-state index is 0.291. The number of thiophene rings is 1. The Labute approximate surface area is 124 Å². The number of hydrogen-bond donors (Lipinski definition) is 1. The van der Waals surface area contributed by atoms with Crippen molar-refractivity contribution in [3.05, 3.63) is 29.9 Å². The third kappa shape index (κ3) is 3.47. The molecule has 0 saturated heterocycles. The zero-order chi connectivity index (χ0) is 14.6. The van der Waals surface area contributed by atoms with Gasteiger partial charge in [0.25, 0.3) is 0 Å². The molecule has 20 heavy (non-hydrogen) atoms. The van der Waals surface area contributed by atoms with Crippen LogP contribution in [-0.2, 0) is 6.54 Å². The van der Waals surface area contributed by atoms with Crippen molar-refractivity contribution < 1.29 is 0 Å². The summed E-state index contributed by atoms with van der Waals surface area (Å²) >= 11 is 1.68. The van der Waals surface area contributed by atoms with E-state index in [4.69, 9.17) is 0 Å². The molecule has 0 saturated carbocycles. The molecule has 1 N–H and O–H groups in total. The van der Waals surface area contributed by atoms with Gasteiger partial charge in [0.15, 0.2) is 0 Å². The van der Waals surface area contributed by atoms with Crippen molar-refractivity contribution in [2.75, 3.05) is 0 Å². The molecule has 2 rings (SSSR count). The first kappa shape index (κ1) is 14.8. The number of nitrogens with one attached hydrogen (secondary N) is 1. The summed E-state index contributed by atoms with van der Waals surface area (Å²) in [5, 5.41) is 14.8. The molecule has 2 aromatic heterocycles. The Balaban J connectivity index is 2.08. The first-order valence-electron chi connectivity index (χ1n) is 6.78. The van der Waals surface area contributed by atoms with Gasteiger partial charge in [-0.15, -0.1) is 11.3 Å². The molecular weight excluding hydrogens is 268 g/mol. The third-order valence-corrected chi connectivity index (χ3v) is 4.03. The predicted octanol–water partition coefficient (Wildman–Crippen LogP) is 3.28. The van der Waals surface area contributed by atoms with Crippen molar-refractivity contribution in [3.63, 3.8) is 0 Å². The molecule has 0 fully saturated rings. The quantitative estimate of drug-likeness (QED) is 0.887. The summed E-state index contributed by atoms with van der Waals surface area (Å²) in [7, 11) is 0. The molecule has 0 bridgehead atoms. The van der Waals surface area contributed by atoms with Crippen molar-refractivity contribution in [2.24, 2.45) is 0 Å². The number of nitrogens with zero attached hydrogens (tertiary/aromatic N) is 3. The lowest BCUT2D eigenvalue weighted by Gasteiger charge is -2.26. The SMILES string of the molecule is CC(C)NC(C)(C#N)CCn1ccnc1-c1cccs1. The molecule has 2 aromatic rings. The lowest BCUT2D eigenvalue weighted by Crippen LogP contribution is -2.45. The van der Waals surface area contributed by atoms with Crippen LogP contribution in [0.1, 0.15) is 27.2 Å². The Morgan fingerprint density at radius 1 is 1.55 bits per heavy atom. The minimum atomic E-state index is -0.509. The van der Waals surface area contributed by atoms with Gasteiger partial charge in [-0.05, 0) is 38.6 Å². The van der Waals surface area contributed by atoms with Crippen molar-refractivity contribution in [1.82, 2.24) is 14.9 Å². The van der Waals surface area contributed by atoms with Gasteiger partial charge >= 0.3 is 0 Å². The topological polar surface area (TPSA) is 53.6 Å². The molecule has 106 valence electrons. The van der Waals surface area contributed by atoms with Crippen LogP contribution in [0.25, 0.3) is 10.7 Å². The van der Waals surface area contributed by atoms with Gasteiger partial charge in [0.2, 0.25) is 0 Å². The van der Waals surface area contributed by atoms with Crippen LogP contribution in [0, 0.1) is 11.3 Å². The Morgan fingerprint density at radius 2 is 2.35 bits per heavy atom. The van der Waals surface area contributed by atoms with Crippen LogP contribution in [0.3, 0.4) is 0 Å². The van der Waals surface area contributed by atoms with Crippen LogP contribution >= 0.6 is 11.3 Å². The van der Waals surface area contributed by atoms with E-state index in [0.717, 1.165) is 23.7 Å². The first-order valence-corrected chi connectivity index (χ1v) is 7.66. The van der Waals surface area contributed by atoms with Gasteiger partial charge in [-0.1, -0.05) is 6.07 Å². The van der Waals surface area contributed by atoms with Crippen LogP contribution in [0.15, 0.2) is 29.9 Å². The fraction of sp³-hybridized carbons (Fsp3) is 0.467. The minimum Gasteiger partial charge on any atom is -0.330 e. The number of hydrogen-bond acceptors (Lipinski definition) is 4. The van der Waals surface area contributed by atoms with E-state index in [1.807, 2.05) is 30.8 Å². The highest BCUT2D eigenvalue weighted by Gasteiger charge is 2.24. The number of aromatic nitrogens is 2. The number of aryl methyl sites for hydroxylation is 1. The zero-order valence-electron chi connectivity index (χ0n) is 12.1. The van der Waals surface area contributed by atoms with Gasteiger partial charge in [-0.2, -0.15) is 5.26 Å². The second kappa shape index (κ2) is 6.21. The van der Waals surface area contributed by atoms with Gasteiger partial charge in [-0.3, -0.25) is 5.32 Å². The van der Waals surface area contributed by atoms with Crippen LogP contribution in [0.4, 0.5) is 0 Å². The monoisotopic (exact) mass is 288 g/mol. The van der Waals surface area contributed by atoms with E-state index in [9.17, 15) is 5.26 Å². The van der Waals surface area contributed by atoms with Gasteiger partial charge in [0, 0.05) is 25.0 Å². The molecule has 5 heteroatoms. The van der Waals surface area contributed by atoms with Crippen LogP contribution in [0.5, 0.6) is 0 Å².